The van der Waals surface area contributed by atoms with Crippen molar-refractivity contribution >= 4 is 11.6 Å². The molecule has 76 valence electrons. The second-order valence-electron chi connectivity index (χ2n) is 2.99. The molecule has 2 heterocycles. The van der Waals surface area contributed by atoms with Gasteiger partial charge in [-0.25, -0.2) is 4.98 Å². The summed E-state index contributed by atoms with van der Waals surface area (Å²) in [6.07, 6.45) is 5.23. The molecule has 0 unspecified atom stereocenters. The number of hydrogen-bond acceptors (Lipinski definition) is 2. The lowest BCUT2D eigenvalue weighted by Gasteiger charge is -2.03. The number of ether oxygens (including phenoxy) is 1. The molecule has 1 N–H and O–H groups in total. The molecule has 0 radical (unpaired) electrons. The lowest BCUT2D eigenvalue weighted by molar-refractivity contribution is -0.378. The molecule has 0 aliphatic carbocycles. The Labute approximate surface area is 92.7 Å². The standard InChI is InChI=1S/C11H9ClN2O/c12-9-1-2-10(14-7-9)8-15-11-3-5-13-6-4-11/h1-7H,8H2/p+1. The van der Waals surface area contributed by atoms with E-state index in [1.807, 2.05) is 30.6 Å². The summed E-state index contributed by atoms with van der Waals surface area (Å²) in [7, 11) is 0. The Hall–Kier alpha value is -1.61. The monoisotopic (exact) mass is 221 g/mol. The molecular weight excluding hydrogens is 212 g/mol. The van der Waals surface area contributed by atoms with Gasteiger partial charge in [-0.15, -0.1) is 0 Å². The lowest BCUT2D eigenvalue weighted by Crippen LogP contribution is -2.01. The summed E-state index contributed by atoms with van der Waals surface area (Å²) in [5, 5.41) is 0.632. The van der Waals surface area contributed by atoms with Crippen molar-refractivity contribution in [3.63, 3.8) is 0 Å². The largest absolute Gasteiger partial charge is 0.487 e. The highest BCUT2D eigenvalue weighted by atomic mass is 35.5. The minimum Gasteiger partial charge on any atom is -0.487 e. The summed E-state index contributed by atoms with van der Waals surface area (Å²) in [4.78, 5) is 7.05. The van der Waals surface area contributed by atoms with Gasteiger partial charge in [0, 0.05) is 18.3 Å². The zero-order valence-corrected chi connectivity index (χ0v) is 8.74. The minimum atomic E-state index is 0.446. The fraction of sp³-hybridized carbons (Fsp3) is 0.0909. The number of halogens is 1. The van der Waals surface area contributed by atoms with E-state index in [0.717, 1.165) is 11.4 Å². The average Bonchev–Trinajstić information content (AvgIpc) is 2.30. The Balaban J connectivity index is 1.96. The predicted octanol–water partition coefficient (Wildman–Crippen LogP) is 2.13. The summed E-state index contributed by atoms with van der Waals surface area (Å²) >= 11 is 5.72. The van der Waals surface area contributed by atoms with Crippen LogP contribution in [0.1, 0.15) is 5.69 Å². The number of nitrogens with zero attached hydrogens (tertiary/aromatic N) is 1. The molecule has 0 atom stereocenters. The van der Waals surface area contributed by atoms with Crippen LogP contribution < -0.4 is 9.72 Å². The first-order valence-electron chi connectivity index (χ1n) is 4.54. The Kier molecular flexibility index (Phi) is 3.15. The number of aromatic nitrogens is 2. The third-order valence-corrected chi connectivity index (χ3v) is 2.09. The average molecular weight is 222 g/mol. The van der Waals surface area contributed by atoms with Gasteiger partial charge in [-0.2, -0.15) is 0 Å². The van der Waals surface area contributed by atoms with Crippen LogP contribution in [0.5, 0.6) is 5.75 Å². The molecule has 0 fully saturated rings. The fourth-order valence-electron chi connectivity index (χ4n) is 1.12. The van der Waals surface area contributed by atoms with Crippen molar-refractivity contribution in [1.29, 1.82) is 0 Å². The second-order valence-corrected chi connectivity index (χ2v) is 3.43. The van der Waals surface area contributed by atoms with Gasteiger partial charge in [0.15, 0.2) is 12.4 Å². The van der Waals surface area contributed by atoms with E-state index in [1.54, 1.807) is 12.3 Å². The van der Waals surface area contributed by atoms with Gasteiger partial charge in [0.2, 0.25) is 0 Å². The smallest absolute Gasteiger partial charge is 0.170 e. The zero-order valence-electron chi connectivity index (χ0n) is 7.98. The van der Waals surface area contributed by atoms with E-state index < -0.39 is 0 Å². The van der Waals surface area contributed by atoms with Crippen molar-refractivity contribution in [2.75, 3.05) is 0 Å². The normalized spacial score (nSPS) is 9.93. The Morgan fingerprint density at radius 3 is 2.67 bits per heavy atom. The van der Waals surface area contributed by atoms with Crippen molar-refractivity contribution in [3.8, 4) is 5.75 Å². The van der Waals surface area contributed by atoms with Gasteiger partial charge in [-0.1, -0.05) is 11.6 Å². The summed E-state index contributed by atoms with van der Waals surface area (Å²) in [5.41, 5.74) is 0.854. The molecule has 4 heteroatoms. The van der Waals surface area contributed by atoms with Gasteiger partial charge in [0.1, 0.15) is 12.4 Å². The topological polar surface area (TPSA) is 36.3 Å². The number of pyridine rings is 2. The van der Waals surface area contributed by atoms with Gasteiger partial charge < -0.3 is 4.74 Å². The fourth-order valence-corrected chi connectivity index (χ4v) is 1.23. The molecule has 0 saturated carbocycles. The number of H-pyrrole nitrogens is 1. The molecule has 15 heavy (non-hydrogen) atoms. The molecule has 0 aliphatic rings. The lowest BCUT2D eigenvalue weighted by atomic mass is 10.4. The van der Waals surface area contributed by atoms with Gasteiger partial charge in [-0.3, -0.25) is 4.98 Å². The van der Waals surface area contributed by atoms with Crippen LogP contribution in [-0.4, -0.2) is 4.98 Å². The highest BCUT2D eigenvalue weighted by Gasteiger charge is 1.97. The van der Waals surface area contributed by atoms with Crippen molar-refractivity contribution < 1.29 is 9.72 Å². The number of hydrogen-bond donors (Lipinski definition) is 0. The van der Waals surface area contributed by atoms with Gasteiger partial charge >= 0.3 is 0 Å². The molecule has 2 aromatic rings. The van der Waals surface area contributed by atoms with Crippen LogP contribution in [0.2, 0.25) is 5.02 Å². The number of aromatic amines is 1. The molecular formula is C11H10ClN2O+. The van der Waals surface area contributed by atoms with Crippen LogP contribution in [0.15, 0.2) is 42.9 Å². The first-order valence-corrected chi connectivity index (χ1v) is 4.92. The van der Waals surface area contributed by atoms with E-state index >= 15 is 0 Å². The van der Waals surface area contributed by atoms with E-state index in [4.69, 9.17) is 16.3 Å². The maximum atomic E-state index is 5.72. The van der Waals surface area contributed by atoms with Gasteiger partial charge in [0.25, 0.3) is 0 Å². The maximum absolute atomic E-state index is 5.72. The third-order valence-electron chi connectivity index (χ3n) is 1.86. The molecule has 0 aromatic carbocycles. The predicted molar refractivity (Wildman–Crippen MR) is 56.6 cm³/mol. The molecule has 0 bridgehead atoms. The first kappa shape index (κ1) is 9.93. The third kappa shape index (κ3) is 2.92. The zero-order chi connectivity index (χ0) is 10.5. The minimum absolute atomic E-state index is 0.446. The summed E-state index contributed by atoms with van der Waals surface area (Å²) in [6.45, 7) is 0.446. The number of rotatable bonds is 3. The molecule has 0 saturated heterocycles. The molecule has 3 nitrogen and oxygen atoms in total. The Morgan fingerprint density at radius 1 is 1.20 bits per heavy atom. The van der Waals surface area contributed by atoms with Crippen LogP contribution >= 0.6 is 11.6 Å². The highest BCUT2D eigenvalue weighted by Crippen LogP contribution is 2.10. The summed E-state index contributed by atoms with van der Waals surface area (Å²) < 4.78 is 5.51. The summed E-state index contributed by atoms with van der Waals surface area (Å²) in [6, 6.07) is 7.36. The SMILES string of the molecule is Clc1ccc(COc2cc[nH+]cc2)nc1. The van der Waals surface area contributed by atoms with E-state index in [-0.39, 0.29) is 0 Å². The van der Waals surface area contributed by atoms with E-state index in [2.05, 4.69) is 9.97 Å². The quantitative estimate of drug-likeness (QED) is 0.796. The van der Waals surface area contributed by atoms with E-state index in [9.17, 15) is 0 Å². The Morgan fingerprint density at radius 2 is 2.00 bits per heavy atom. The van der Waals surface area contributed by atoms with Crippen molar-refractivity contribution in [3.05, 3.63) is 53.6 Å². The van der Waals surface area contributed by atoms with Crippen LogP contribution in [0, 0.1) is 0 Å². The maximum Gasteiger partial charge on any atom is 0.170 e. The number of nitrogens with one attached hydrogen (secondary N) is 1. The van der Waals surface area contributed by atoms with Gasteiger partial charge in [-0.05, 0) is 12.1 Å². The molecule has 0 spiro atoms. The van der Waals surface area contributed by atoms with Crippen LogP contribution in [0.25, 0.3) is 0 Å². The van der Waals surface area contributed by atoms with Crippen LogP contribution in [0.4, 0.5) is 0 Å². The second kappa shape index (κ2) is 4.75. The molecule has 0 aliphatic heterocycles. The van der Waals surface area contributed by atoms with Crippen LogP contribution in [-0.2, 0) is 6.61 Å². The van der Waals surface area contributed by atoms with Crippen molar-refractivity contribution in [2.24, 2.45) is 0 Å². The molecule has 2 aromatic heterocycles. The van der Waals surface area contributed by atoms with E-state index in [0.29, 0.717) is 11.6 Å². The van der Waals surface area contributed by atoms with Crippen molar-refractivity contribution in [2.45, 2.75) is 6.61 Å². The highest BCUT2D eigenvalue weighted by molar-refractivity contribution is 6.30. The Bertz CT molecular complexity index is 416. The summed E-state index contributed by atoms with van der Waals surface area (Å²) in [5.74, 6) is 0.811. The van der Waals surface area contributed by atoms with Crippen molar-refractivity contribution in [1.82, 2.24) is 4.98 Å². The van der Waals surface area contributed by atoms with Crippen LogP contribution in [0.3, 0.4) is 0 Å². The first-order chi connectivity index (χ1) is 7.34. The van der Waals surface area contributed by atoms with E-state index in [1.165, 1.54) is 0 Å². The van der Waals surface area contributed by atoms with Gasteiger partial charge in [0.05, 0.1) is 10.7 Å². The molecule has 2 rings (SSSR count). The molecule has 0 amide bonds.